The summed E-state index contributed by atoms with van der Waals surface area (Å²) in [5, 5.41) is 26.3. The average molecular weight is 1060 g/mol. The van der Waals surface area contributed by atoms with E-state index in [1.807, 2.05) is 66.5 Å². The number of carbonyl (C=O) groups excluding carboxylic acids is 1. The summed E-state index contributed by atoms with van der Waals surface area (Å²) in [6.45, 7) is 12.6. The second-order valence-corrected chi connectivity index (χ2v) is 20.4. The molecule has 19 heteroatoms. The topological polar surface area (TPSA) is 220 Å². The number of likely N-dealkylation sites (tertiary alicyclic amines) is 2. The predicted molar refractivity (Wildman–Crippen MR) is 291 cm³/mol. The Balaban J connectivity index is 0.000000179. The first-order valence-corrected chi connectivity index (χ1v) is 25.9. The lowest BCUT2D eigenvalue weighted by molar-refractivity contribution is 0.0177. The van der Waals surface area contributed by atoms with Crippen LogP contribution in [0.5, 0.6) is 11.5 Å². The molecule has 4 aromatic carbocycles. The molecule has 73 heavy (non-hydrogen) atoms. The Morgan fingerprint density at radius 1 is 0.671 bits per heavy atom. The first-order valence-electron chi connectivity index (χ1n) is 24.8. The highest BCUT2D eigenvalue weighted by atomic mass is 79.9. The fraction of sp³-hybridized carbons (Fsp3) is 0.426. The van der Waals surface area contributed by atoms with Gasteiger partial charge < -0.3 is 45.3 Å². The Morgan fingerprint density at radius 2 is 1.16 bits per heavy atom. The van der Waals surface area contributed by atoms with Crippen LogP contribution < -0.4 is 16.2 Å². The number of alkyl halides is 1. The molecule has 0 aliphatic carbocycles. The number of methoxy groups -OCH3 is 2. The first-order chi connectivity index (χ1) is 35.2. The van der Waals surface area contributed by atoms with Gasteiger partial charge in [0.2, 0.25) is 0 Å². The summed E-state index contributed by atoms with van der Waals surface area (Å²) in [6, 6.07) is 23.7. The highest BCUT2D eigenvalue weighted by molar-refractivity contribution is 9.09. The van der Waals surface area contributed by atoms with Gasteiger partial charge in [-0.05, 0) is 136 Å². The molecule has 0 bridgehead atoms. The molecular formula is C54H67BrN12O6. The molecule has 6 heterocycles. The number of fused-ring (bicyclic) bond motifs is 4. The predicted octanol–water partition coefficient (Wildman–Crippen LogP) is 9.20. The van der Waals surface area contributed by atoms with Gasteiger partial charge in [0.15, 0.2) is 11.3 Å². The number of rotatable bonds is 12. The molecule has 2 fully saturated rings. The number of phenols is 1. The number of anilines is 2. The first kappa shape index (κ1) is 52.6. The van der Waals surface area contributed by atoms with Gasteiger partial charge >= 0.3 is 6.09 Å². The Bertz CT molecular complexity index is 3140. The molecule has 10 rings (SSSR count). The van der Waals surface area contributed by atoms with E-state index in [2.05, 4.69) is 76.8 Å². The van der Waals surface area contributed by atoms with Gasteiger partial charge in [0.1, 0.15) is 59.4 Å². The normalized spacial score (nSPS) is 14.8. The lowest BCUT2D eigenvalue weighted by Gasteiger charge is -2.33. The molecule has 2 saturated heterocycles. The molecule has 0 atom stereocenters. The largest absolute Gasteiger partial charge is 0.508 e. The maximum atomic E-state index is 12.4. The van der Waals surface area contributed by atoms with Crippen LogP contribution in [-0.2, 0) is 27.3 Å². The highest BCUT2D eigenvalue weighted by Crippen LogP contribution is 2.36. The van der Waals surface area contributed by atoms with Crippen LogP contribution in [0.1, 0.15) is 46.5 Å². The zero-order chi connectivity index (χ0) is 51.6. The van der Waals surface area contributed by atoms with Crippen LogP contribution in [0.25, 0.3) is 66.1 Å². The Labute approximate surface area is 434 Å². The van der Waals surface area contributed by atoms with Crippen molar-refractivity contribution < 1.29 is 28.8 Å². The van der Waals surface area contributed by atoms with E-state index in [-0.39, 0.29) is 11.8 Å². The number of phenolic OH excluding ortho intramolecular Hbond substituents is 1. The van der Waals surface area contributed by atoms with Crippen molar-refractivity contribution in [2.75, 3.05) is 84.1 Å². The molecule has 0 spiro atoms. The lowest BCUT2D eigenvalue weighted by atomic mass is 9.97. The molecule has 2 aliphatic heterocycles. The van der Waals surface area contributed by atoms with Gasteiger partial charge in [0.25, 0.3) is 0 Å². The van der Waals surface area contributed by atoms with E-state index in [0.717, 1.165) is 111 Å². The van der Waals surface area contributed by atoms with Crippen LogP contribution in [0.4, 0.5) is 16.4 Å². The number of halogens is 1. The maximum absolute atomic E-state index is 12.4. The van der Waals surface area contributed by atoms with Crippen LogP contribution in [-0.4, -0.2) is 139 Å². The summed E-state index contributed by atoms with van der Waals surface area (Å²) in [4.78, 5) is 34.1. The van der Waals surface area contributed by atoms with E-state index in [1.54, 1.807) is 31.3 Å². The zero-order valence-electron chi connectivity index (χ0n) is 42.6. The minimum absolute atomic E-state index is 0.232. The van der Waals surface area contributed by atoms with Crippen molar-refractivity contribution in [3.05, 3.63) is 85.5 Å². The average Bonchev–Trinajstić information content (AvgIpc) is 3.94. The smallest absolute Gasteiger partial charge is 0.410 e. The number of piperidine rings is 2. The molecule has 386 valence electrons. The van der Waals surface area contributed by atoms with E-state index >= 15 is 0 Å². The Morgan fingerprint density at radius 3 is 1.67 bits per heavy atom. The Hall–Kier alpha value is -6.67. The summed E-state index contributed by atoms with van der Waals surface area (Å²) < 4.78 is 24.9. The van der Waals surface area contributed by atoms with Crippen molar-refractivity contribution >= 4 is 77.3 Å². The number of amides is 1. The lowest BCUT2D eigenvalue weighted by Crippen LogP contribution is -2.42. The zero-order valence-corrected chi connectivity index (χ0v) is 44.2. The van der Waals surface area contributed by atoms with Crippen LogP contribution in [0.2, 0.25) is 0 Å². The summed E-state index contributed by atoms with van der Waals surface area (Å²) in [5.74, 6) is 2.85. The number of nitrogen functional groups attached to an aromatic ring is 2. The Kier molecular flexibility index (Phi) is 17.2. The van der Waals surface area contributed by atoms with Gasteiger partial charge in [-0.2, -0.15) is 10.2 Å². The standard InChI is InChI=1S/C26H30N6O3.C25H30N6O2.C3H7BrO/c1-26(2,3)35-25(34)31-10-8-16(9-11-31)14-32-24-21(23(27)28-15-29-24)22(30-32)19-5-4-18-13-20(33)7-6-17(18)12-19;1-30-9-7-17(8-10-30)15-31-25-22(24(26)27-16-28-25)23(29-31)20-4-3-19-14-21(33-12-11-32-2)6-5-18(19)13-20;1-5-3-2-4/h4-7,12-13,15-16,33H,8-11,14H2,1-3H3,(H2,27,28,29);3-6,13-14,16-17H,7-12,15H2,1-2H3,(H2,26,27,28);2-3H2,1H3. The minimum Gasteiger partial charge on any atom is -0.508 e. The number of carbonyl (C=O) groups is 1. The van der Waals surface area contributed by atoms with E-state index < -0.39 is 5.60 Å². The molecule has 1 amide bonds. The van der Waals surface area contributed by atoms with Gasteiger partial charge in [0, 0.05) is 56.9 Å². The van der Waals surface area contributed by atoms with Crippen LogP contribution in [0.3, 0.4) is 0 Å². The molecule has 5 N–H and O–H groups in total. The molecule has 4 aromatic heterocycles. The molecule has 0 radical (unpaired) electrons. The number of aromatic hydroxyl groups is 1. The van der Waals surface area contributed by atoms with E-state index in [0.29, 0.717) is 62.0 Å². The fourth-order valence-electron chi connectivity index (χ4n) is 9.24. The number of aromatic nitrogens is 8. The third kappa shape index (κ3) is 13.1. The number of nitrogens with two attached hydrogens (primary N) is 2. The van der Waals surface area contributed by atoms with Crippen molar-refractivity contribution in [1.82, 2.24) is 49.3 Å². The third-order valence-electron chi connectivity index (χ3n) is 13.1. The van der Waals surface area contributed by atoms with Crippen molar-refractivity contribution in [2.45, 2.75) is 65.1 Å². The summed E-state index contributed by atoms with van der Waals surface area (Å²) in [5.41, 5.74) is 17.1. The number of ether oxygens (including phenoxy) is 4. The maximum Gasteiger partial charge on any atom is 0.410 e. The highest BCUT2D eigenvalue weighted by Gasteiger charge is 2.29. The minimum atomic E-state index is -0.499. The van der Waals surface area contributed by atoms with Gasteiger partial charge in [0.05, 0.1) is 24.0 Å². The van der Waals surface area contributed by atoms with E-state index in [4.69, 9.17) is 35.9 Å². The molecular weight excluding hydrogens is 993 g/mol. The van der Waals surface area contributed by atoms with E-state index in [9.17, 15) is 9.90 Å². The van der Waals surface area contributed by atoms with Crippen molar-refractivity contribution in [1.29, 1.82) is 0 Å². The van der Waals surface area contributed by atoms with Gasteiger partial charge in [-0.3, -0.25) is 0 Å². The number of benzene rings is 4. The molecule has 8 aromatic rings. The van der Waals surface area contributed by atoms with Gasteiger partial charge in [-0.1, -0.05) is 52.3 Å². The SMILES string of the molecule is CC(C)(C)OC(=O)N1CCC(Cn2nc(-c3ccc4cc(O)ccc4c3)c3c(N)ncnc32)CC1.COCCBr.COCCOc1ccc2cc(-c3nn(CC4CCN(C)CC4)c4ncnc(N)c34)ccc2c1. The number of nitrogens with zero attached hydrogens (tertiary/aromatic N) is 10. The molecule has 18 nitrogen and oxygen atoms in total. The molecule has 2 aliphatic rings. The fourth-order valence-corrected chi connectivity index (χ4v) is 9.56. The van der Waals surface area contributed by atoms with Gasteiger partial charge in [-0.15, -0.1) is 0 Å². The van der Waals surface area contributed by atoms with Crippen LogP contribution >= 0.6 is 15.9 Å². The molecule has 0 unspecified atom stereocenters. The number of hydrogen-bond donors (Lipinski definition) is 3. The second-order valence-electron chi connectivity index (χ2n) is 19.6. The summed E-state index contributed by atoms with van der Waals surface area (Å²) >= 11 is 3.18. The monoisotopic (exact) mass is 1060 g/mol. The second kappa shape index (κ2) is 23.9. The van der Waals surface area contributed by atoms with Crippen molar-refractivity contribution in [3.63, 3.8) is 0 Å². The van der Waals surface area contributed by atoms with Crippen LogP contribution in [0, 0.1) is 11.8 Å². The summed E-state index contributed by atoms with van der Waals surface area (Å²) in [7, 11) is 5.53. The third-order valence-corrected chi connectivity index (χ3v) is 13.4. The number of hydrogen-bond acceptors (Lipinski definition) is 15. The quantitative estimate of drug-likeness (QED) is 0.0767. The van der Waals surface area contributed by atoms with Gasteiger partial charge in [-0.25, -0.2) is 34.1 Å². The molecule has 0 saturated carbocycles. The van der Waals surface area contributed by atoms with Crippen LogP contribution in [0.15, 0.2) is 85.5 Å². The van der Waals surface area contributed by atoms with Crippen molar-refractivity contribution in [2.24, 2.45) is 11.8 Å². The van der Waals surface area contributed by atoms with Crippen molar-refractivity contribution in [3.8, 4) is 34.0 Å². The van der Waals surface area contributed by atoms with E-state index in [1.165, 1.54) is 25.5 Å². The summed E-state index contributed by atoms with van der Waals surface area (Å²) in [6.07, 6.45) is 6.78.